The van der Waals surface area contributed by atoms with Crippen molar-refractivity contribution in [1.82, 2.24) is 5.32 Å². The lowest BCUT2D eigenvalue weighted by Crippen LogP contribution is -2.47. The van der Waals surface area contributed by atoms with Crippen LogP contribution >= 0.6 is 0 Å². The van der Waals surface area contributed by atoms with E-state index in [4.69, 9.17) is 4.74 Å². The minimum atomic E-state index is -0.770. The van der Waals surface area contributed by atoms with Gasteiger partial charge in [-0.25, -0.2) is 4.79 Å². The van der Waals surface area contributed by atoms with E-state index in [2.05, 4.69) is 24.4 Å². The normalized spacial score (nSPS) is 14.0. The summed E-state index contributed by atoms with van der Waals surface area (Å²) in [5.41, 5.74) is 1.47. The van der Waals surface area contributed by atoms with Gasteiger partial charge in [-0.15, -0.1) is 0 Å². The van der Waals surface area contributed by atoms with Gasteiger partial charge in [0.05, 0.1) is 7.11 Å². The number of esters is 1. The van der Waals surface area contributed by atoms with Crippen LogP contribution in [-0.2, 0) is 21.5 Å². The van der Waals surface area contributed by atoms with E-state index in [-0.39, 0.29) is 5.97 Å². The summed E-state index contributed by atoms with van der Waals surface area (Å²) in [7, 11) is 1.42. The Bertz CT molecular complexity index is 386. The van der Waals surface area contributed by atoms with Gasteiger partial charge in [0, 0.05) is 0 Å². The topological polar surface area (TPSA) is 38.3 Å². The first-order valence-corrected chi connectivity index (χ1v) is 6.51. The fourth-order valence-electron chi connectivity index (χ4n) is 2.14. The van der Waals surface area contributed by atoms with Gasteiger partial charge in [-0.1, -0.05) is 44.5 Å². The minimum absolute atomic E-state index is 0.257. The van der Waals surface area contributed by atoms with Gasteiger partial charge in [0.15, 0.2) is 0 Å². The number of carbonyl (C=O) groups is 1. The molecule has 0 aliphatic carbocycles. The van der Waals surface area contributed by atoms with E-state index in [1.807, 2.05) is 26.0 Å². The van der Waals surface area contributed by atoms with Crippen LogP contribution in [0.15, 0.2) is 24.3 Å². The summed E-state index contributed by atoms with van der Waals surface area (Å²) in [6, 6.07) is 8.17. The molecule has 1 rings (SSSR count). The molecule has 0 saturated heterocycles. The Balaban J connectivity index is 3.02. The summed E-state index contributed by atoms with van der Waals surface area (Å²) in [5.74, 6) is -0.257. The molecule has 1 aromatic carbocycles. The molecule has 0 spiro atoms. The molecule has 0 amide bonds. The van der Waals surface area contributed by atoms with E-state index in [9.17, 15) is 4.79 Å². The number of likely N-dealkylation sites (N-methyl/N-ethyl adjacent to an activating group) is 1. The summed E-state index contributed by atoms with van der Waals surface area (Å²) in [4.78, 5) is 12.0. The number of aryl methyl sites for hydroxylation is 1. The molecule has 0 heterocycles. The number of hydrogen-bond acceptors (Lipinski definition) is 3. The molecular formula is C15H23NO2. The highest BCUT2D eigenvalue weighted by molar-refractivity contribution is 5.82. The molecule has 18 heavy (non-hydrogen) atoms. The second-order valence-electron chi connectivity index (χ2n) is 4.59. The van der Waals surface area contributed by atoms with E-state index < -0.39 is 5.54 Å². The molecule has 0 aliphatic heterocycles. The predicted octanol–water partition coefficient (Wildman–Crippen LogP) is 2.64. The molecule has 100 valence electrons. The largest absolute Gasteiger partial charge is 0.467 e. The van der Waals surface area contributed by atoms with Crippen LogP contribution in [0.25, 0.3) is 0 Å². The first-order chi connectivity index (χ1) is 8.58. The number of rotatable bonds is 6. The average Bonchev–Trinajstić information content (AvgIpc) is 2.39. The van der Waals surface area contributed by atoms with Crippen molar-refractivity contribution in [3.8, 4) is 0 Å². The average molecular weight is 249 g/mol. The Hall–Kier alpha value is -1.35. The second-order valence-corrected chi connectivity index (χ2v) is 4.59. The standard InChI is InChI=1S/C15H23NO2/c1-5-7-12-8-10-13(11-9-12)15(3,16-6-2)14(17)18-4/h8-11,16H,5-7H2,1-4H3. The highest BCUT2D eigenvalue weighted by Gasteiger charge is 2.35. The van der Waals surface area contributed by atoms with Crippen molar-refractivity contribution in [3.63, 3.8) is 0 Å². The quantitative estimate of drug-likeness (QED) is 0.788. The van der Waals surface area contributed by atoms with Crippen molar-refractivity contribution in [2.24, 2.45) is 0 Å². The lowest BCUT2D eigenvalue weighted by atomic mass is 9.91. The van der Waals surface area contributed by atoms with Crippen molar-refractivity contribution < 1.29 is 9.53 Å². The molecule has 1 unspecified atom stereocenters. The third kappa shape index (κ3) is 3.10. The van der Waals surface area contributed by atoms with Crippen LogP contribution in [0.5, 0.6) is 0 Å². The molecule has 0 fully saturated rings. The molecule has 3 nitrogen and oxygen atoms in total. The number of benzene rings is 1. The first-order valence-electron chi connectivity index (χ1n) is 6.51. The van der Waals surface area contributed by atoms with Crippen LogP contribution in [0.1, 0.15) is 38.3 Å². The SMILES string of the molecule is CCCc1ccc(C(C)(NCC)C(=O)OC)cc1. The number of ether oxygens (including phenoxy) is 1. The fraction of sp³-hybridized carbons (Fsp3) is 0.533. The van der Waals surface area contributed by atoms with Gasteiger partial charge in [-0.2, -0.15) is 0 Å². The Morgan fingerprint density at radius 2 is 1.89 bits per heavy atom. The van der Waals surface area contributed by atoms with E-state index in [0.717, 1.165) is 18.4 Å². The molecule has 1 atom stereocenters. The summed E-state index contributed by atoms with van der Waals surface area (Å²) >= 11 is 0. The van der Waals surface area contributed by atoms with E-state index in [0.29, 0.717) is 6.54 Å². The van der Waals surface area contributed by atoms with Crippen molar-refractivity contribution in [2.45, 2.75) is 39.2 Å². The van der Waals surface area contributed by atoms with Gasteiger partial charge < -0.3 is 4.74 Å². The summed E-state index contributed by atoms with van der Waals surface area (Å²) in [5, 5.41) is 3.20. The summed E-state index contributed by atoms with van der Waals surface area (Å²) < 4.78 is 4.90. The number of carbonyl (C=O) groups excluding carboxylic acids is 1. The smallest absolute Gasteiger partial charge is 0.330 e. The maximum absolute atomic E-state index is 12.0. The molecule has 1 aromatic rings. The molecule has 0 aliphatic rings. The molecule has 1 N–H and O–H groups in total. The Kier molecular flexibility index (Phi) is 5.35. The van der Waals surface area contributed by atoms with Crippen molar-refractivity contribution in [3.05, 3.63) is 35.4 Å². The van der Waals surface area contributed by atoms with Crippen LogP contribution in [0, 0.1) is 0 Å². The van der Waals surface area contributed by atoms with Crippen LogP contribution in [0.3, 0.4) is 0 Å². The van der Waals surface area contributed by atoms with Crippen LogP contribution in [0.2, 0.25) is 0 Å². The number of hydrogen-bond donors (Lipinski definition) is 1. The lowest BCUT2D eigenvalue weighted by molar-refractivity contribution is -0.148. The number of nitrogens with one attached hydrogen (secondary N) is 1. The zero-order valence-electron chi connectivity index (χ0n) is 11.7. The predicted molar refractivity (Wildman–Crippen MR) is 73.5 cm³/mol. The lowest BCUT2D eigenvalue weighted by Gasteiger charge is -2.28. The van der Waals surface area contributed by atoms with Gasteiger partial charge in [0.25, 0.3) is 0 Å². The van der Waals surface area contributed by atoms with Gasteiger partial charge in [0.1, 0.15) is 5.54 Å². The van der Waals surface area contributed by atoms with E-state index in [1.165, 1.54) is 12.7 Å². The maximum atomic E-state index is 12.0. The van der Waals surface area contributed by atoms with Crippen LogP contribution in [-0.4, -0.2) is 19.6 Å². The van der Waals surface area contributed by atoms with Gasteiger partial charge >= 0.3 is 5.97 Å². The minimum Gasteiger partial charge on any atom is -0.467 e. The van der Waals surface area contributed by atoms with Gasteiger partial charge in [0.2, 0.25) is 0 Å². The van der Waals surface area contributed by atoms with Crippen molar-refractivity contribution in [1.29, 1.82) is 0 Å². The zero-order valence-corrected chi connectivity index (χ0v) is 11.7. The van der Waals surface area contributed by atoms with Crippen LogP contribution < -0.4 is 5.32 Å². The van der Waals surface area contributed by atoms with Crippen LogP contribution in [0.4, 0.5) is 0 Å². The monoisotopic (exact) mass is 249 g/mol. The summed E-state index contributed by atoms with van der Waals surface area (Å²) in [6.45, 7) is 6.71. The Morgan fingerprint density at radius 3 is 2.33 bits per heavy atom. The van der Waals surface area contributed by atoms with E-state index in [1.54, 1.807) is 0 Å². The molecule has 3 heteroatoms. The molecular weight excluding hydrogens is 226 g/mol. The molecule has 0 saturated carbocycles. The zero-order chi connectivity index (χ0) is 13.6. The van der Waals surface area contributed by atoms with Gasteiger partial charge in [-0.3, -0.25) is 5.32 Å². The molecule has 0 bridgehead atoms. The summed E-state index contributed by atoms with van der Waals surface area (Å²) in [6.07, 6.45) is 2.19. The van der Waals surface area contributed by atoms with E-state index >= 15 is 0 Å². The number of methoxy groups -OCH3 is 1. The Morgan fingerprint density at radius 1 is 1.28 bits per heavy atom. The molecule has 0 aromatic heterocycles. The first kappa shape index (κ1) is 14.7. The van der Waals surface area contributed by atoms with Crippen molar-refractivity contribution >= 4 is 5.97 Å². The van der Waals surface area contributed by atoms with Gasteiger partial charge in [-0.05, 0) is 31.0 Å². The highest BCUT2D eigenvalue weighted by atomic mass is 16.5. The highest BCUT2D eigenvalue weighted by Crippen LogP contribution is 2.23. The third-order valence-corrected chi connectivity index (χ3v) is 3.19. The fourth-order valence-corrected chi connectivity index (χ4v) is 2.14. The van der Waals surface area contributed by atoms with Crippen molar-refractivity contribution in [2.75, 3.05) is 13.7 Å². The maximum Gasteiger partial charge on any atom is 0.330 e. The Labute approximate surface area is 110 Å². The third-order valence-electron chi connectivity index (χ3n) is 3.19. The molecule has 0 radical (unpaired) electrons. The second kappa shape index (κ2) is 6.55.